The van der Waals surface area contributed by atoms with Gasteiger partial charge in [0.15, 0.2) is 4.77 Å². The highest BCUT2D eigenvalue weighted by Crippen LogP contribution is 2.27. The molecule has 0 unspecified atom stereocenters. The van der Waals surface area contributed by atoms with Gasteiger partial charge in [-0.25, -0.2) is 0 Å². The van der Waals surface area contributed by atoms with Crippen LogP contribution in [-0.2, 0) is 0 Å². The Morgan fingerprint density at radius 3 is 2.79 bits per heavy atom. The maximum Gasteiger partial charge on any atom is 0.200 e. The Balaban J connectivity index is 2.69. The molecule has 0 bridgehead atoms. The van der Waals surface area contributed by atoms with Crippen molar-refractivity contribution in [3.63, 3.8) is 0 Å². The molecule has 6 heteroatoms. The summed E-state index contributed by atoms with van der Waals surface area (Å²) in [4.78, 5) is 0. The molecule has 0 atom stereocenters. The third-order valence-corrected chi connectivity index (χ3v) is 3.04. The highest BCUT2D eigenvalue weighted by molar-refractivity contribution is 7.71. The third-order valence-electron chi connectivity index (χ3n) is 2.76. The Morgan fingerprint density at radius 1 is 1.47 bits per heavy atom. The van der Waals surface area contributed by atoms with Crippen LogP contribution < -0.4 is 4.74 Å². The minimum atomic E-state index is 0.216. The topological polar surface area (TPSA) is 66.6 Å². The summed E-state index contributed by atoms with van der Waals surface area (Å²) in [5, 5.41) is 16.0. The Labute approximate surface area is 116 Å². The van der Waals surface area contributed by atoms with Crippen LogP contribution in [0, 0.1) is 16.1 Å². The largest absolute Gasteiger partial charge is 0.495 e. The number of rotatable bonds is 3. The zero-order valence-corrected chi connectivity index (χ0v) is 11.8. The Kier molecular flexibility index (Phi) is 3.67. The molecule has 0 aliphatic rings. The van der Waals surface area contributed by atoms with Gasteiger partial charge in [0.05, 0.1) is 24.4 Å². The first-order chi connectivity index (χ1) is 9.08. The minimum absolute atomic E-state index is 0.216. The van der Waals surface area contributed by atoms with Gasteiger partial charge in [-0.2, -0.15) is 10.4 Å². The molecule has 1 N–H and O–H groups in total. The first-order valence-electron chi connectivity index (χ1n) is 5.84. The van der Waals surface area contributed by atoms with Gasteiger partial charge in [-0.1, -0.05) is 13.8 Å². The second kappa shape index (κ2) is 5.24. The van der Waals surface area contributed by atoms with Crippen molar-refractivity contribution in [2.75, 3.05) is 7.11 Å². The molecule has 0 spiro atoms. The van der Waals surface area contributed by atoms with Crippen molar-refractivity contribution in [1.82, 2.24) is 14.8 Å². The lowest BCUT2D eigenvalue weighted by molar-refractivity contribution is 0.412. The maximum atomic E-state index is 8.92. The summed E-state index contributed by atoms with van der Waals surface area (Å²) in [5.74, 6) is 1.64. The van der Waals surface area contributed by atoms with Gasteiger partial charge in [-0.15, -0.1) is 0 Å². The van der Waals surface area contributed by atoms with E-state index in [1.165, 1.54) is 0 Å². The van der Waals surface area contributed by atoms with Crippen molar-refractivity contribution in [2.24, 2.45) is 0 Å². The van der Waals surface area contributed by atoms with Gasteiger partial charge >= 0.3 is 0 Å². The molecule has 0 aliphatic heterocycles. The molecule has 0 saturated carbocycles. The lowest BCUT2D eigenvalue weighted by Crippen LogP contribution is -2.05. The highest BCUT2D eigenvalue weighted by atomic mass is 32.1. The van der Waals surface area contributed by atoms with Crippen molar-refractivity contribution < 1.29 is 4.74 Å². The van der Waals surface area contributed by atoms with Crippen molar-refractivity contribution in [2.45, 2.75) is 19.8 Å². The Morgan fingerprint density at radius 2 is 2.21 bits per heavy atom. The molecule has 0 amide bonds. The molecular weight excluding hydrogens is 260 g/mol. The number of nitriles is 1. The Hall–Kier alpha value is -2.13. The van der Waals surface area contributed by atoms with Gasteiger partial charge in [-0.05, 0) is 24.4 Å². The highest BCUT2D eigenvalue weighted by Gasteiger charge is 2.15. The lowest BCUT2D eigenvalue weighted by Gasteiger charge is -2.13. The normalized spacial score (nSPS) is 10.5. The van der Waals surface area contributed by atoms with Crippen LogP contribution in [0.3, 0.4) is 0 Å². The standard InChI is InChI=1S/C13H14N4OS/c1-8(2)12-15-16-13(19)17(12)10-5-4-9(7-14)6-11(10)18-3/h4-6,8H,1-3H3,(H,16,19). The number of aromatic nitrogens is 3. The molecular formula is C13H14N4OS. The molecule has 0 saturated heterocycles. The molecule has 0 radical (unpaired) electrons. The molecule has 2 aromatic rings. The number of ether oxygens (including phenoxy) is 1. The summed E-state index contributed by atoms with van der Waals surface area (Å²) in [6, 6.07) is 7.32. The second-order valence-corrected chi connectivity index (χ2v) is 4.76. The van der Waals surface area contributed by atoms with E-state index in [0.29, 0.717) is 16.1 Å². The van der Waals surface area contributed by atoms with E-state index < -0.39 is 0 Å². The van der Waals surface area contributed by atoms with E-state index in [1.54, 1.807) is 19.2 Å². The Bertz CT molecular complexity index is 693. The predicted octanol–water partition coefficient (Wildman–Crippen LogP) is 2.93. The van der Waals surface area contributed by atoms with E-state index in [9.17, 15) is 0 Å². The van der Waals surface area contributed by atoms with Crippen LogP contribution in [0.25, 0.3) is 5.69 Å². The molecule has 1 aromatic heterocycles. The van der Waals surface area contributed by atoms with Crippen LogP contribution >= 0.6 is 12.2 Å². The zero-order chi connectivity index (χ0) is 14.0. The average Bonchev–Trinajstić information content (AvgIpc) is 2.80. The van der Waals surface area contributed by atoms with Gasteiger partial charge < -0.3 is 4.74 Å². The quantitative estimate of drug-likeness (QED) is 0.874. The third kappa shape index (κ3) is 2.37. The number of H-pyrrole nitrogens is 1. The molecule has 5 nitrogen and oxygen atoms in total. The van der Waals surface area contributed by atoms with Crippen LogP contribution in [0.4, 0.5) is 0 Å². The summed E-state index contributed by atoms with van der Waals surface area (Å²) >= 11 is 5.27. The monoisotopic (exact) mass is 274 g/mol. The van der Waals surface area contributed by atoms with Crippen molar-refractivity contribution >= 4 is 12.2 Å². The van der Waals surface area contributed by atoms with Crippen LogP contribution in [-0.4, -0.2) is 21.9 Å². The predicted molar refractivity (Wildman–Crippen MR) is 74.1 cm³/mol. The van der Waals surface area contributed by atoms with Gasteiger partial charge in [0.25, 0.3) is 0 Å². The SMILES string of the molecule is COc1cc(C#N)ccc1-n1c(C(C)C)n[nH]c1=S. The van der Waals surface area contributed by atoms with Crippen molar-refractivity contribution in [3.8, 4) is 17.5 Å². The van der Waals surface area contributed by atoms with Gasteiger partial charge in [0.2, 0.25) is 0 Å². The molecule has 1 aromatic carbocycles. The summed E-state index contributed by atoms with van der Waals surface area (Å²) in [6.07, 6.45) is 0. The first-order valence-corrected chi connectivity index (χ1v) is 6.25. The van der Waals surface area contributed by atoms with E-state index >= 15 is 0 Å². The number of nitrogens with zero attached hydrogens (tertiary/aromatic N) is 3. The van der Waals surface area contributed by atoms with Crippen LogP contribution in [0.2, 0.25) is 0 Å². The maximum absolute atomic E-state index is 8.92. The molecule has 19 heavy (non-hydrogen) atoms. The number of hydrogen-bond acceptors (Lipinski definition) is 4. The fraction of sp³-hybridized carbons (Fsp3) is 0.308. The fourth-order valence-electron chi connectivity index (χ4n) is 1.86. The number of hydrogen-bond donors (Lipinski definition) is 1. The lowest BCUT2D eigenvalue weighted by atomic mass is 10.1. The first kappa shape index (κ1) is 13.3. The number of aromatic amines is 1. The molecule has 0 fully saturated rings. The van der Waals surface area contributed by atoms with Gasteiger partial charge in [-0.3, -0.25) is 9.67 Å². The van der Waals surface area contributed by atoms with Crippen LogP contribution in [0.1, 0.15) is 31.2 Å². The van der Waals surface area contributed by atoms with Gasteiger partial charge in [0.1, 0.15) is 11.6 Å². The smallest absolute Gasteiger partial charge is 0.200 e. The minimum Gasteiger partial charge on any atom is -0.495 e. The summed E-state index contributed by atoms with van der Waals surface area (Å²) in [5.41, 5.74) is 1.32. The van der Waals surface area contributed by atoms with E-state index in [-0.39, 0.29) is 5.92 Å². The summed E-state index contributed by atoms with van der Waals surface area (Å²) < 4.78 is 7.68. The second-order valence-electron chi connectivity index (χ2n) is 4.38. The molecule has 98 valence electrons. The number of methoxy groups -OCH3 is 1. The van der Waals surface area contributed by atoms with Crippen molar-refractivity contribution in [1.29, 1.82) is 5.26 Å². The summed E-state index contributed by atoms with van der Waals surface area (Å²) in [7, 11) is 1.57. The van der Waals surface area contributed by atoms with E-state index in [1.807, 2.05) is 24.5 Å². The number of benzene rings is 1. The molecule has 0 aliphatic carbocycles. The van der Waals surface area contributed by atoms with E-state index in [0.717, 1.165) is 11.5 Å². The average molecular weight is 274 g/mol. The summed E-state index contributed by atoms with van der Waals surface area (Å²) in [6.45, 7) is 4.08. The van der Waals surface area contributed by atoms with Gasteiger partial charge in [0, 0.05) is 12.0 Å². The number of nitrogens with one attached hydrogen (secondary N) is 1. The molecule has 2 rings (SSSR count). The van der Waals surface area contributed by atoms with Crippen LogP contribution in [0.15, 0.2) is 18.2 Å². The fourth-order valence-corrected chi connectivity index (χ4v) is 2.10. The zero-order valence-electron chi connectivity index (χ0n) is 11.0. The van der Waals surface area contributed by atoms with Crippen molar-refractivity contribution in [3.05, 3.63) is 34.4 Å². The molecule has 1 heterocycles. The van der Waals surface area contributed by atoms with E-state index in [4.69, 9.17) is 22.2 Å². The van der Waals surface area contributed by atoms with Crippen LogP contribution in [0.5, 0.6) is 5.75 Å². The van der Waals surface area contributed by atoms with E-state index in [2.05, 4.69) is 16.3 Å².